The summed E-state index contributed by atoms with van der Waals surface area (Å²) in [5.41, 5.74) is 3.49. The van der Waals surface area contributed by atoms with Crippen molar-refractivity contribution in [3.05, 3.63) is 34.9 Å². The Kier molecular flexibility index (Phi) is 4.28. The van der Waals surface area contributed by atoms with E-state index in [0.717, 1.165) is 12.1 Å². The summed E-state index contributed by atoms with van der Waals surface area (Å²) in [4.78, 5) is 0. The van der Waals surface area contributed by atoms with Crippen LogP contribution in [0.5, 0.6) is 0 Å². The molecule has 1 atom stereocenters. The highest BCUT2D eigenvalue weighted by molar-refractivity contribution is 7.89. The highest BCUT2D eigenvalue weighted by Gasteiger charge is 2.26. The fourth-order valence-corrected chi connectivity index (χ4v) is 3.70. The van der Waals surface area contributed by atoms with E-state index < -0.39 is 10.0 Å². The lowest BCUT2D eigenvalue weighted by Gasteiger charge is -2.14. The predicted octanol–water partition coefficient (Wildman–Crippen LogP) is 1.71. The number of sulfonamides is 1. The monoisotopic (exact) mass is 282 g/mol. The van der Waals surface area contributed by atoms with Crippen molar-refractivity contribution < 1.29 is 8.42 Å². The van der Waals surface area contributed by atoms with Crippen molar-refractivity contribution in [1.29, 1.82) is 0 Å². The zero-order chi connectivity index (χ0) is 14.0. The van der Waals surface area contributed by atoms with Gasteiger partial charge in [-0.25, -0.2) is 13.1 Å². The molecule has 0 spiro atoms. The first-order chi connectivity index (χ1) is 8.87. The van der Waals surface area contributed by atoms with Crippen molar-refractivity contribution in [3.63, 3.8) is 0 Å². The van der Waals surface area contributed by atoms with Crippen LogP contribution in [-0.4, -0.2) is 20.7 Å². The van der Waals surface area contributed by atoms with Crippen LogP contribution in [0.1, 0.15) is 36.6 Å². The predicted molar refractivity (Wildman–Crippen MR) is 77.4 cm³/mol. The zero-order valence-corrected chi connectivity index (χ0v) is 12.5. The smallest absolute Gasteiger partial charge is 0.213 e. The fraction of sp³-hybridized carbons (Fsp3) is 0.571. The topological polar surface area (TPSA) is 58.2 Å². The number of hydrogen-bond donors (Lipinski definition) is 2. The van der Waals surface area contributed by atoms with E-state index in [1.54, 1.807) is 0 Å². The third-order valence-corrected chi connectivity index (χ3v) is 4.69. The third-order valence-electron chi connectivity index (χ3n) is 3.31. The molecule has 1 aliphatic heterocycles. The molecule has 19 heavy (non-hydrogen) atoms. The van der Waals surface area contributed by atoms with Gasteiger partial charge in [0.2, 0.25) is 10.0 Å². The maximum absolute atomic E-state index is 12.0. The van der Waals surface area contributed by atoms with E-state index in [1.807, 2.05) is 20.8 Å². The van der Waals surface area contributed by atoms with Crippen molar-refractivity contribution in [1.82, 2.24) is 10.0 Å². The number of hydrogen-bond acceptors (Lipinski definition) is 3. The van der Waals surface area contributed by atoms with Gasteiger partial charge in [-0.2, -0.15) is 0 Å². The molecule has 1 aromatic carbocycles. The molecule has 0 bridgehead atoms. The molecule has 1 heterocycles. The Morgan fingerprint density at radius 1 is 1.42 bits per heavy atom. The van der Waals surface area contributed by atoms with Gasteiger partial charge >= 0.3 is 0 Å². The molecule has 0 saturated heterocycles. The second-order valence-electron chi connectivity index (χ2n) is 5.66. The third kappa shape index (κ3) is 3.78. The lowest BCUT2D eigenvalue weighted by atomic mass is 10.0. The van der Waals surface area contributed by atoms with Gasteiger partial charge in [0.15, 0.2) is 0 Å². The first-order valence-electron chi connectivity index (χ1n) is 6.67. The molecule has 106 valence electrons. The van der Waals surface area contributed by atoms with Crippen molar-refractivity contribution >= 4 is 10.0 Å². The Labute approximate surface area is 115 Å². The van der Waals surface area contributed by atoms with E-state index in [9.17, 15) is 8.42 Å². The quantitative estimate of drug-likeness (QED) is 0.864. The minimum Gasteiger partial charge on any atom is -0.305 e. The second-order valence-corrected chi connectivity index (χ2v) is 7.51. The summed E-state index contributed by atoms with van der Waals surface area (Å²) in [6.07, 6.45) is 0. The van der Waals surface area contributed by atoms with Crippen LogP contribution < -0.4 is 10.0 Å². The average Bonchev–Trinajstić information content (AvgIpc) is 2.69. The summed E-state index contributed by atoms with van der Waals surface area (Å²) >= 11 is 0. The van der Waals surface area contributed by atoms with Gasteiger partial charge in [0.05, 0.1) is 5.75 Å². The zero-order valence-electron chi connectivity index (χ0n) is 11.7. The van der Waals surface area contributed by atoms with Crippen molar-refractivity contribution in [2.75, 3.05) is 12.3 Å². The summed E-state index contributed by atoms with van der Waals surface area (Å²) in [5.74, 6) is 0.428. The van der Waals surface area contributed by atoms with Gasteiger partial charge in [-0.1, -0.05) is 37.6 Å². The molecule has 0 radical (unpaired) electrons. The van der Waals surface area contributed by atoms with Crippen LogP contribution in [0.4, 0.5) is 0 Å². The van der Waals surface area contributed by atoms with E-state index in [-0.39, 0.29) is 11.8 Å². The summed E-state index contributed by atoms with van der Waals surface area (Å²) < 4.78 is 26.7. The Morgan fingerprint density at radius 3 is 2.84 bits per heavy atom. The number of fused-ring (bicyclic) bond motifs is 1. The van der Waals surface area contributed by atoms with Crippen molar-refractivity contribution in [2.24, 2.45) is 5.92 Å². The maximum atomic E-state index is 12.0. The number of benzene rings is 1. The Hall–Kier alpha value is -0.910. The molecule has 1 aliphatic rings. The minimum atomic E-state index is -3.23. The van der Waals surface area contributed by atoms with Crippen LogP contribution in [0.2, 0.25) is 0 Å². The number of aryl methyl sites for hydroxylation is 1. The lowest BCUT2D eigenvalue weighted by molar-refractivity contribution is 0.544. The Bertz CT molecular complexity index is 553. The maximum Gasteiger partial charge on any atom is 0.213 e. The van der Waals surface area contributed by atoms with E-state index in [4.69, 9.17) is 0 Å². The van der Waals surface area contributed by atoms with Crippen LogP contribution in [-0.2, 0) is 16.6 Å². The Balaban J connectivity index is 2.08. The molecule has 0 aliphatic carbocycles. The summed E-state index contributed by atoms with van der Waals surface area (Å²) in [7, 11) is -3.23. The highest BCUT2D eigenvalue weighted by Crippen LogP contribution is 2.27. The fourth-order valence-electron chi connectivity index (χ4n) is 2.26. The average molecular weight is 282 g/mol. The molecular weight excluding hydrogens is 260 g/mol. The molecular formula is C14H22N2O2S. The van der Waals surface area contributed by atoms with Crippen LogP contribution in [0.25, 0.3) is 0 Å². The molecule has 4 nitrogen and oxygen atoms in total. The van der Waals surface area contributed by atoms with Gasteiger partial charge < -0.3 is 5.32 Å². The van der Waals surface area contributed by atoms with Gasteiger partial charge in [-0.05, 0) is 24.0 Å². The van der Waals surface area contributed by atoms with E-state index in [2.05, 4.69) is 28.2 Å². The van der Waals surface area contributed by atoms with E-state index >= 15 is 0 Å². The molecule has 2 N–H and O–H groups in total. The first kappa shape index (κ1) is 14.5. The van der Waals surface area contributed by atoms with Gasteiger partial charge in [-0.15, -0.1) is 0 Å². The van der Waals surface area contributed by atoms with Gasteiger partial charge in [0.25, 0.3) is 0 Å². The summed E-state index contributed by atoms with van der Waals surface area (Å²) in [6, 6.07) is 6.12. The SMILES string of the molecule is Cc1ccc2c(c1)C(CS(=O)(=O)NCC(C)C)NC2. The molecule has 0 aromatic heterocycles. The number of rotatable bonds is 5. The second kappa shape index (κ2) is 5.61. The molecule has 0 amide bonds. The summed E-state index contributed by atoms with van der Waals surface area (Å²) in [6.45, 7) is 7.26. The molecule has 2 rings (SSSR count). The van der Waals surface area contributed by atoms with Crippen LogP contribution in [0.3, 0.4) is 0 Å². The minimum absolute atomic E-state index is 0.0976. The molecule has 0 fully saturated rings. The normalized spacial score (nSPS) is 18.8. The van der Waals surface area contributed by atoms with Gasteiger partial charge in [-0.3, -0.25) is 0 Å². The molecule has 1 unspecified atom stereocenters. The largest absolute Gasteiger partial charge is 0.305 e. The molecule has 0 saturated carbocycles. The Morgan fingerprint density at radius 2 is 2.16 bits per heavy atom. The molecule has 5 heteroatoms. The lowest BCUT2D eigenvalue weighted by Crippen LogP contribution is -2.34. The van der Waals surface area contributed by atoms with Crippen molar-refractivity contribution in [2.45, 2.75) is 33.4 Å². The highest BCUT2D eigenvalue weighted by atomic mass is 32.2. The van der Waals surface area contributed by atoms with E-state index in [0.29, 0.717) is 12.5 Å². The van der Waals surface area contributed by atoms with Crippen molar-refractivity contribution in [3.8, 4) is 0 Å². The van der Waals surface area contributed by atoms with Crippen LogP contribution in [0.15, 0.2) is 18.2 Å². The van der Waals surface area contributed by atoms with Crippen LogP contribution in [0, 0.1) is 12.8 Å². The standard InChI is InChI=1S/C14H22N2O2S/c1-10(2)7-16-19(17,18)9-14-13-6-11(3)4-5-12(13)8-15-14/h4-6,10,14-16H,7-9H2,1-3H3. The van der Waals surface area contributed by atoms with E-state index in [1.165, 1.54) is 11.1 Å². The molecule has 1 aromatic rings. The number of nitrogens with one attached hydrogen (secondary N) is 2. The van der Waals surface area contributed by atoms with Gasteiger partial charge in [0.1, 0.15) is 0 Å². The van der Waals surface area contributed by atoms with Gasteiger partial charge in [0, 0.05) is 19.1 Å². The van der Waals surface area contributed by atoms with Crippen LogP contribution >= 0.6 is 0 Å². The summed E-state index contributed by atoms with van der Waals surface area (Å²) in [5, 5.41) is 3.27. The first-order valence-corrected chi connectivity index (χ1v) is 8.33.